The lowest BCUT2D eigenvalue weighted by molar-refractivity contribution is 0.0579. The molecule has 1 amide bonds. The van der Waals surface area contributed by atoms with Crippen molar-refractivity contribution < 1.29 is 23.8 Å². The van der Waals surface area contributed by atoms with E-state index in [2.05, 4.69) is 0 Å². The van der Waals surface area contributed by atoms with E-state index in [1.807, 2.05) is 6.07 Å². The third-order valence-electron chi connectivity index (χ3n) is 6.07. The molecule has 3 aromatic carbocycles. The van der Waals surface area contributed by atoms with Crippen molar-refractivity contribution in [3.63, 3.8) is 0 Å². The van der Waals surface area contributed by atoms with E-state index >= 15 is 0 Å². The number of fused-ring (bicyclic) bond motifs is 2. The first-order valence-corrected chi connectivity index (χ1v) is 10.8. The molecule has 7 nitrogen and oxygen atoms in total. The molecule has 5 rings (SSSR count). The minimum Gasteiger partial charge on any atom is -0.465 e. The molecule has 1 aliphatic heterocycles. The molecule has 2 heterocycles. The van der Waals surface area contributed by atoms with Crippen LogP contribution in [0.1, 0.15) is 49.7 Å². The van der Waals surface area contributed by atoms with Crippen molar-refractivity contribution >= 4 is 22.8 Å². The number of hydrogen-bond acceptors (Lipinski definition) is 6. The number of methoxy groups -OCH3 is 1. The molecule has 1 aromatic heterocycles. The van der Waals surface area contributed by atoms with E-state index in [0.717, 1.165) is 0 Å². The van der Waals surface area contributed by atoms with Gasteiger partial charge in [0.25, 0.3) is 5.91 Å². The summed E-state index contributed by atoms with van der Waals surface area (Å²) in [4.78, 5) is 40.3. The number of carbonyl (C=O) groups is 2. The van der Waals surface area contributed by atoms with Crippen molar-refractivity contribution in [3.05, 3.63) is 117 Å². The van der Waals surface area contributed by atoms with E-state index in [-0.39, 0.29) is 23.3 Å². The third-order valence-corrected chi connectivity index (χ3v) is 6.07. The van der Waals surface area contributed by atoms with Gasteiger partial charge in [-0.15, -0.1) is 0 Å². The number of para-hydroxylation sites is 1. The van der Waals surface area contributed by atoms with Gasteiger partial charge >= 0.3 is 5.97 Å². The predicted molar refractivity (Wildman–Crippen MR) is 125 cm³/mol. The average Bonchev–Trinajstić information content (AvgIpc) is 3.15. The number of amides is 1. The lowest BCUT2D eigenvalue weighted by Gasteiger charge is -2.27. The second-order valence-electron chi connectivity index (χ2n) is 8.07. The molecule has 4 aromatic rings. The summed E-state index contributed by atoms with van der Waals surface area (Å²) >= 11 is 0. The third kappa shape index (κ3) is 3.56. The monoisotopic (exact) mass is 455 g/mol. The predicted octanol–water partition coefficient (Wildman–Crippen LogP) is 3.86. The van der Waals surface area contributed by atoms with Crippen LogP contribution in [-0.2, 0) is 4.74 Å². The first-order chi connectivity index (χ1) is 16.5. The van der Waals surface area contributed by atoms with Gasteiger partial charge in [-0.2, -0.15) is 0 Å². The molecular formula is C27H21NO6. The van der Waals surface area contributed by atoms with Gasteiger partial charge in [0.2, 0.25) is 5.76 Å². The standard InChI is InChI=1S/C27H21NO6/c1-33-27(32)18-13-11-17(12-14-18)23-22-24(30)19-9-5-6-10-21(19)34-25(22)26(31)28(23)15-20(29)16-7-3-2-4-8-16/h2-14,20,23,29H,15H2,1H3/t20-,23+/m0/s1. The summed E-state index contributed by atoms with van der Waals surface area (Å²) in [6.45, 7) is -0.0494. The fourth-order valence-corrected chi connectivity index (χ4v) is 4.39. The van der Waals surface area contributed by atoms with E-state index in [9.17, 15) is 19.5 Å². The molecule has 0 saturated heterocycles. The Morgan fingerprint density at radius 3 is 2.38 bits per heavy atom. The van der Waals surface area contributed by atoms with Crippen molar-refractivity contribution in [2.45, 2.75) is 12.1 Å². The van der Waals surface area contributed by atoms with Crippen LogP contribution in [0.3, 0.4) is 0 Å². The van der Waals surface area contributed by atoms with Crippen LogP contribution in [0.4, 0.5) is 0 Å². The minimum atomic E-state index is -0.971. The highest BCUT2D eigenvalue weighted by Gasteiger charge is 2.43. The molecule has 1 N–H and O–H groups in total. The Morgan fingerprint density at radius 1 is 1.00 bits per heavy atom. The number of aliphatic hydroxyl groups excluding tert-OH is 1. The zero-order chi connectivity index (χ0) is 23.8. The van der Waals surface area contributed by atoms with Gasteiger partial charge in [0.1, 0.15) is 5.58 Å². The Bertz CT molecular complexity index is 1440. The summed E-state index contributed by atoms with van der Waals surface area (Å²) in [5.74, 6) is -1.00. The molecule has 0 radical (unpaired) electrons. The van der Waals surface area contributed by atoms with Crippen molar-refractivity contribution in [2.24, 2.45) is 0 Å². The van der Waals surface area contributed by atoms with Gasteiger partial charge in [-0.25, -0.2) is 4.79 Å². The summed E-state index contributed by atoms with van der Waals surface area (Å²) in [6, 6.07) is 21.5. The Hall–Kier alpha value is -4.23. The van der Waals surface area contributed by atoms with E-state index in [1.54, 1.807) is 72.8 Å². The lowest BCUT2D eigenvalue weighted by atomic mass is 9.97. The van der Waals surface area contributed by atoms with Crippen molar-refractivity contribution in [1.29, 1.82) is 0 Å². The quantitative estimate of drug-likeness (QED) is 0.459. The summed E-state index contributed by atoms with van der Waals surface area (Å²) < 4.78 is 10.7. The first kappa shape index (κ1) is 21.6. The van der Waals surface area contributed by atoms with Gasteiger partial charge in [-0.1, -0.05) is 54.6 Å². The highest BCUT2D eigenvalue weighted by Crippen LogP contribution is 2.39. The zero-order valence-electron chi connectivity index (χ0n) is 18.3. The van der Waals surface area contributed by atoms with Crippen molar-refractivity contribution in [1.82, 2.24) is 4.90 Å². The van der Waals surface area contributed by atoms with E-state index in [1.165, 1.54) is 12.0 Å². The number of ether oxygens (including phenoxy) is 1. The topological polar surface area (TPSA) is 97.0 Å². The molecule has 170 valence electrons. The maximum atomic E-state index is 13.5. The summed E-state index contributed by atoms with van der Waals surface area (Å²) in [6.07, 6.45) is -0.971. The highest BCUT2D eigenvalue weighted by atomic mass is 16.5. The van der Waals surface area contributed by atoms with Crippen LogP contribution in [-0.4, -0.2) is 35.5 Å². The van der Waals surface area contributed by atoms with Crippen LogP contribution in [0.5, 0.6) is 0 Å². The fraction of sp³-hybridized carbons (Fsp3) is 0.148. The number of β-amino-alcohol motifs (C(OH)–C–C–N with tert-alkyl or cyclic N) is 1. The maximum absolute atomic E-state index is 13.5. The molecule has 0 unspecified atom stereocenters. The zero-order valence-corrected chi connectivity index (χ0v) is 18.3. The molecule has 7 heteroatoms. The molecule has 0 bridgehead atoms. The molecule has 2 atom stereocenters. The largest absolute Gasteiger partial charge is 0.465 e. The molecule has 0 saturated carbocycles. The van der Waals surface area contributed by atoms with Crippen molar-refractivity contribution in [3.8, 4) is 0 Å². The van der Waals surface area contributed by atoms with E-state index in [4.69, 9.17) is 9.15 Å². The Kier molecular flexibility index (Phi) is 5.47. The average molecular weight is 455 g/mol. The normalized spacial score (nSPS) is 15.9. The van der Waals surface area contributed by atoms with Crippen molar-refractivity contribution in [2.75, 3.05) is 13.7 Å². The summed E-state index contributed by atoms with van der Waals surface area (Å²) in [5.41, 5.74) is 1.85. The number of benzene rings is 3. The van der Waals surface area contributed by atoms with Crippen LogP contribution in [0.25, 0.3) is 11.0 Å². The summed E-state index contributed by atoms with van der Waals surface area (Å²) in [5, 5.41) is 11.3. The fourth-order valence-electron chi connectivity index (χ4n) is 4.39. The number of rotatable bonds is 5. The maximum Gasteiger partial charge on any atom is 0.337 e. The van der Waals surface area contributed by atoms with Gasteiger partial charge < -0.3 is 19.2 Å². The second-order valence-corrected chi connectivity index (χ2v) is 8.07. The smallest absolute Gasteiger partial charge is 0.337 e. The van der Waals surface area contributed by atoms with Crippen LogP contribution in [0.2, 0.25) is 0 Å². The second kappa shape index (κ2) is 8.61. The minimum absolute atomic E-state index is 0.0361. The SMILES string of the molecule is COC(=O)c1ccc([C@@H]2c3c(oc4ccccc4c3=O)C(=O)N2C[C@H](O)c2ccccc2)cc1. The lowest BCUT2D eigenvalue weighted by Crippen LogP contribution is -2.33. The van der Waals surface area contributed by atoms with E-state index in [0.29, 0.717) is 27.7 Å². The van der Waals surface area contributed by atoms with Gasteiger partial charge in [-0.3, -0.25) is 9.59 Å². The first-order valence-electron chi connectivity index (χ1n) is 10.8. The van der Waals surface area contributed by atoms with Crippen LogP contribution >= 0.6 is 0 Å². The highest BCUT2D eigenvalue weighted by molar-refractivity contribution is 5.99. The Morgan fingerprint density at radius 2 is 1.68 bits per heavy atom. The Labute approximate surface area is 194 Å². The van der Waals surface area contributed by atoms with Crippen LogP contribution < -0.4 is 5.43 Å². The molecule has 0 fully saturated rings. The molecular weight excluding hydrogens is 434 g/mol. The molecule has 34 heavy (non-hydrogen) atoms. The molecule has 0 spiro atoms. The Balaban J connectivity index is 1.64. The van der Waals surface area contributed by atoms with Crippen LogP contribution in [0, 0.1) is 0 Å². The molecule has 1 aliphatic rings. The van der Waals surface area contributed by atoms with Gasteiger partial charge in [-0.05, 0) is 35.4 Å². The number of nitrogens with zero attached hydrogens (tertiary/aromatic N) is 1. The number of esters is 1. The number of aliphatic hydroxyl groups is 1. The molecule has 0 aliphatic carbocycles. The van der Waals surface area contributed by atoms with Crippen LogP contribution in [0.15, 0.2) is 88.1 Å². The van der Waals surface area contributed by atoms with Gasteiger partial charge in [0, 0.05) is 0 Å². The van der Waals surface area contributed by atoms with Gasteiger partial charge in [0.15, 0.2) is 5.43 Å². The van der Waals surface area contributed by atoms with E-state index < -0.39 is 24.0 Å². The van der Waals surface area contributed by atoms with Gasteiger partial charge in [0.05, 0.1) is 42.3 Å². The number of carbonyl (C=O) groups excluding carboxylic acids is 2. The summed E-state index contributed by atoms with van der Waals surface area (Å²) in [7, 11) is 1.30. The number of hydrogen-bond donors (Lipinski definition) is 1.